The molecule has 6 nitrogen and oxygen atoms in total. The van der Waals surface area contributed by atoms with E-state index in [4.69, 9.17) is 0 Å². The van der Waals surface area contributed by atoms with Gasteiger partial charge in [-0.25, -0.2) is 9.78 Å². The number of aromatic nitrogens is 4. The lowest BCUT2D eigenvalue weighted by molar-refractivity contribution is 0.728. The topological polar surface area (TPSA) is 72.7 Å². The maximum atomic E-state index is 12.5. The molecule has 0 saturated carbocycles. The largest absolute Gasteiger partial charge is 0.329 e. The van der Waals surface area contributed by atoms with Gasteiger partial charge in [0.25, 0.3) is 5.56 Å². The maximum absolute atomic E-state index is 12.5. The van der Waals surface area contributed by atoms with Crippen molar-refractivity contribution >= 4 is 22.9 Å². The number of hydrogen-bond acceptors (Lipinski definition) is 4. The minimum absolute atomic E-state index is 0.384. The van der Waals surface area contributed by atoms with Crippen LogP contribution in [0.25, 0.3) is 11.2 Å². The van der Waals surface area contributed by atoms with Gasteiger partial charge in [-0.15, -0.1) is 0 Å². The van der Waals surface area contributed by atoms with Crippen LogP contribution < -0.4 is 11.2 Å². The van der Waals surface area contributed by atoms with Crippen LogP contribution in [0.3, 0.4) is 0 Å². The quantitative estimate of drug-likeness (QED) is 0.593. The number of benzene rings is 2. The summed E-state index contributed by atoms with van der Waals surface area (Å²) in [4.78, 5) is 32.5. The first-order valence-corrected chi connectivity index (χ1v) is 9.32. The van der Waals surface area contributed by atoms with Gasteiger partial charge >= 0.3 is 5.69 Å². The summed E-state index contributed by atoms with van der Waals surface area (Å²) in [5.74, 6) is 0. The van der Waals surface area contributed by atoms with Crippen molar-refractivity contribution in [1.29, 1.82) is 0 Å². The summed E-state index contributed by atoms with van der Waals surface area (Å²) >= 11 is 1.47. The van der Waals surface area contributed by atoms with Crippen molar-refractivity contribution in [3.8, 4) is 0 Å². The molecule has 7 heteroatoms. The van der Waals surface area contributed by atoms with Crippen LogP contribution in [0.1, 0.15) is 11.1 Å². The van der Waals surface area contributed by atoms with E-state index in [9.17, 15) is 9.59 Å². The molecule has 0 unspecified atom stereocenters. The van der Waals surface area contributed by atoms with E-state index in [0.29, 0.717) is 22.9 Å². The normalized spacial score (nSPS) is 11.2. The molecule has 2 aromatic carbocycles. The fourth-order valence-corrected chi connectivity index (χ4v) is 3.80. The Kier molecular flexibility index (Phi) is 4.45. The number of H-pyrrole nitrogens is 1. The zero-order chi connectivity index (χ0) is 19.0. The molecule has 0 saturated heterocycles. The standard InChI is InChI=1S/C20H18N4O2S/c1-13-8-10-15(11-9-13)27-20-21-17-16(18(25)22-19(26)23(17)2)24(20)12-14-6-4-3-5-7-14/h3-11H,12H2,1-2H3,(H,22,25,26). The predicted octanol–water partition coefficient (Wildman–Crippen LogP) is 2.93. The van der Waals surface area contributed by atoms with Gasteiger partial charge in [0.05, 0.1) is 6.54 Å². The Morgan fingerprint density at radius 1 is 1.04 bits per heavy atom. The molecule has 2 heterocycles. The summed E-state index contributed by atoms with van der Waals surface area (Å²) in [6, 6.07) is 18.0. The van der Waals surface area contributed by atoms with Crippen molar-refractivity contribution in [2.45, 2.75) is 23.5 Å². The number of nitrogens with one attached hydrogen (secondary N) is 1. The van der Waals surface area contributed by atoms with Gasteiger partial charge < -0.3 is 4.57 Å². The molecule has 1 N–H and O–H groups in total. The highest BCUT2D eigenvalue weighted by molar-refractivity contribution is 7.99. The number of imidazole rings is 1. The molecule has 136 valence electrons. The summed E-state index contributed by atoms with van der Waals surface area (Å²) in [7, 11) is 1.61. The molecule has 0 spiro atoms. The van der Waals surface area contributed by atoms with E-state index >= 15 is 0 Å². The van der Waals surface area contributed by atoms with Gasteiger partial charge in [-0.05, 0) is 24.6 Å². The van der Waals surface area contributed by atoms with Crippen LogP contribution in [0.4, 0.5) is 0 Å². The molecule has 0 amide bonds. The van der Waals surface area contributed by atoms with Crippen LogP contribution in [-0.2, 0) is 13.6 Å². The summed E-state index contributed by atoms with van der Waals surface area (Å²) in [5, 5.41) is 0.671. The second-order valence-electron chi connectivity index (χ2n) is 6.37. The molecule has 4 aromatic rings. The average Bonchev–Trinajstić information content (AvgIpc) is 3.01. The Morgan fingerprint density at radius 3 is 2.44 bits per heavy atom. The van der Waals surface area contributed by atoms with E-state index in [1.165, 1.54) is 21.9 Å². The SMILES string of the molecule is Cc1ccc(Sc2nc3c(c(=O)[nH]c(=O)n3C)n2Cc2ccccc2)cc1. The molecule has 0 aliphatic rings. The van der Waals surface area contributed by atoms with E-state index in [1.54, 1.807) is 7.05 Å². The number of rotatable bonds is 4. The lowest BCUT2D eigenvalue weighted by Gasteiger charge is -2.09. The van der Waals surface area contributed by atoms with Gasteiger partial charge in [-0.2, -0.15) is 0 Å². The Morgan fingerprint density at radius 2 is 1.74 bits per heavy atom. The second kappa shape index (κ2) is 6.92. The minimum Gasteiger partial charge on any atom is -0.308 e. The van der Waals surface area contributed by atoms with Crippen LogP contribution in [0.2, 0.25) is 0 Å². The predicted molar refractivity (Wildman–Crippen MR) is 106 cm³/mol. The first-order valence-electron chi connectivity index (χ1n) is 8.51. The third-order valence-corrected chi connectivity index (χ3v) is 5.39. The summed E-state index contributed by atoms with van der Waals surface area (Å²) < 4.78 is 3.24. The van der Waals surface area contributed by atoms with E-state index in [0.717, 1.165) is 10.5 Å². The van der Waals surface area contributed by atoms with Crippen molar-refractivity contribution in [3.63, 3.8) is 0 Å². The Labute approximate surface area is 159 Å². The highest BCUT2D eigenvalue weighted by atomic mass is 32.2. The fraction of sp³-hybridized carbons (Fsp3) is 0.150. The monoisotopic (exact) mass is 378 g/mol. The highest BCUT2D eigenvalue weighted by Crippen LogP contribution is 2.29. The summed E-state index contributed by atoms with van der Waals surface area (Å²) in [5.41, 5.74) is 2.12. The van der Waals surface area contributed by atoms with Gasteiger partial charge in [0.2, 0.25) is 0 Å². The zero-order valence-electron chi connectivity index (χ0n) is 15.0. The Bertz CT molecular complexity index is 1220. The number of hydrogen-bond donors (Lipinski definition) is 1. The third-order valence-electron chi connectivity index (χ3n) is 4.39. The molecular formula is C20H18N4O2S. The summed E-state index contributed by atoms with van der Waals surface area (Å²) in [6.07, 6.45) is 0. The zero-order valence-corrected chi connectivity index (χ0v) is 15.8. The van der Waals surface area contributed by atoms with Gasteiger partial charge in [-0.3, -0.25) is 14.3 Å². The Balaban J connectivity index is 1.90. The molecule has 0 atom stereocenters. The van der Waals surface area contributed by atoms with E-state index in [1.807, 2.05) is 66.1 Å². The molecule has 0 radical (unpaired) electrons. The summed E-state index contributed by atoms with van der Waals surface area (Å²) in [6.45, 7) is 2.53. The van der Waals surface area contributed by atoms with Crippen LogP contribution in [0.5, 0.6) is 0 Å². The number of nitrogens with zero attached hydrogens (tertiary/aromatic N) is 3. The smallest absolute Gasteiger partial charge is 0.308 e. The lowest BCUT2D eigenvalue weighted by atomic mass is 10.2. The highest BCUT2D eigenvalue weighted by Gasteiger charge is 2.18. The number of aryl methyl sites for hydroxylation is 2. The van der Waals surface area contributed by atoms with Gasteiger partial charge in [0.1, 0.15) is 0 Å². The molecule has 27 heavy (non-hydrogen) atoms. The second-order valence-corrected chi connectivity index (χ2v) is 7.41. The van der Waals surface area contributed by atoms with Crippen LogP contribution >= 0.6 is 11.8 Å². The maximum Gasteiger partial charge on any atom is 0.329 e. The molecule has 0 aliphatic heterocycles. The van der Waals surface area contributed by atoms with Crippen LogP contribution in [0.15, 0.2) is 74.2 Å². The van der Waals surface area contributed by atoms with Crippen molar-refractivity contribution in [2.75, 3.05) is 0 Å². The molecular weight excluding hydrogens is 360 g/mol. The first kappa shape index (κ1) is 17.4. The lowest BCUT2D eigenvalue weighted by Crippen LogP contribution is -2.29. The van der Waals surface area contributed by atoms with Crippen LogP contribution in [-0.4, -0.2) is 19.1 Å². The molecule has 0 fully saturated rings. The van der Waals surface area contributed by atoms with Gasteiger partial charge in [-0.1, -0.05) is 59.8 Å². The van der Waals surface area contributed by atoms with Gasteiger partial charge in [0, 0.05) is 11.9 Å². The minimum atomic E-state index is -0.469. The first-order chi connectivity index (χ1) is 13.0. The number of fused-ring (bicyclic) bond motifs is 1. The fourth-order valence-electron chi connectivity index (χ4n) is 2.92. The van der Waals surface area contributed by atoms with Crippen molar-refractivity contribution in [2.24, 2.45) is 7.05 Å². The molecule has 0 aliphatic carbocycles. The molecule has 4 rings (SSSR count). The van der Waals surface area contributed by atoms with Crippen LogP contribution in [0, 0.1) is 6.92 Å². The molecule has 2 aromatic heterocycles. The third kappa shape index (κ3) is 3.33. The van der Waals surface area contributed by atoms with E-state index < -0.39 is 11.2 Å². The average molecular weight is 378 g/mol. The van der Waals surface area contributed by atoms with Crippen molar-refractivity contribution < 1.29 is 0 Å². The van der Waals surface area contributed by atoms with E-state index in [-0.39, 0.29) is 0 Å². The molecule has 0 bridgehead atoms. The van der Waals surface area contributed by atoms with Crippen molar-refractivity contribution in [3.05, 3.63) is 86.6 Å². The number of aromatic amines is 1. The Hall–Kier alpha value is -3.06. The van der Waals surface area contributed by atoms with Gasteiger partial charge in [0.15, 0.2) is 16.3 Å². The van der Waals surface area contributed by atoms with E-state index in [2.05, 4.69) is 9.97 Å². The van der Waals surface area contributed by atoms with Crippen molar-refractivity contribution in [1.82, 2.24) is 19.1 Å².